The predicted molar refractivity (Wildman–Crippen MR) is 77.4 cm³/mol. The molecule has 0 aliphatic carbocycles. The Hall–Kier alpha value is -2.29. The molecule has 0 saturated carbocycles. The number of hydrogen-bond acceptors (Lipinski definition) is 4. The van der Waals surface area contributed by atoms with Gasteiger partial charge in [-0.15, -0.1) is 0 Å². The van der Waals surface area contributed by atoms with Crippen LogP contribution in [0.4, 0.5) is 17.1 Å². The SMILES string of the molecule is CC(F)(F)c1ccc(F)c(COc2ccc(OS(=O)(=O)F)cc2)c1. The average molecular weight is 364 g/mol. The Morgan fingerprint density at radius 3 is 2.17 bits per heavy atom. The summed E-state index contributed by atoms with van der Waals surface area (Å²) in [7, 11) is -5.13. The van der Waals surface area contributed by atoms with Crippen LogP contribution in [0, 0.1) is 5.82 Å². The summed E-state index contributed by atoms with van der Waals surface area (Å²) in [6, 6.07) is 7.69. The van der Waals surface area contributed by atoms with Gasteiger partial charge in [0.15, 0.2) is 0 Å². The van der Waals surface area contributed by atoms with E-state index in [9.17, 15) is 25.5 Å². The van der Waals surface area contributed by atoms with Crippen LogP contribution in [-0.4, -0.2) is 8.42 Å². The number of rotatable bonds is 6. The molecule has 0 aliphatic heterocycles. The summed E-state index contributed by atoms with van der Waals surface area (Å²) in [6.45, 7) is 0.375. The summed E-state index contributed by atoms with van der Waals surface area (Å²) < 4.78 is 82.4. The zero-order valence-corrected chi connectivity index (χ0v) is 13.1. The molecule has 0 aromatic heterocycles. The molecule has 0 saturated heterocycles. The molecular weight excluding hydrogens is 352 g/mol. The van der Waals surface area contributed by atoms with Gasteiger partial charge in [0.1, 0.15) is 23.9 Å². The van der Waals surface area contributed by atoms with E-state index < -0.39 is 22.2 Å². The monoisotopic (exact) mass is 364 g/mol. The number of halogens is 4. The Morgan fingerprint density at radius 2 is 1.62 bits per heavy atom. The average Bonchev–Trinajstić information content (AvgIpc) is 2.45. The summed E-state index contributed by atoms with van der Waals surface area (Å²) in [5.41, 5.74) is -0.417. The van der Waals surface area contributed by atoms with E-state index in [4.69, 9.17) is 4.74 Å². The van der Waals surface area contributed by atoms with Crippen LogP contribution in [0.5, 0.6) is 11.5 Å². The first-order valence-electron chi connectivity index (χ1n) is 6.58. The second-order valence-corrected chi connectivity index (χ2v) is 5.88. The lowest BCUT2D eigenvalue weighted by Gasteiger charge is -2.13. The van der Waals surface area contributed by atoms with E-state index in [1.54, 1.807) is 0 Å². The molecule has 0 radical (unpaired) electrons. The van der Waals surface area contributed by atoms with Crippen LogP contribution in [0.3, 0.4) is 0 Å². The van der Waals surface area contributed by atoms with E-state index >= 15 is 0 Å². The Kier molecular flexibility index (Phi) is 5.02. The largest absolute Gasteiger partial charge is 0.489 e. The van der Waals surface area contributed by atoms with Gasteiger partial charge in [0.2, 0.25) is 0 Å². The quantitative estimate of drug-likeness (QED) is 0.572. The third-order valence-corrected chi connectivity index (χ3v) is 3.36. The molecule has 0 aliphatic rings. The molecule has 0 unspecified atom stereocenters. The van der Waals surface area contributed by atoms with Crippen molar-refractivity contribution in [1.29, 1.82) is 0 Å². The van der Waals surface area contributed by atoms with Crippen molar-refractivity contribution in [3.05, 3.63) is 59.4 Å². The number of alkyl halides is 2. The Labute approximate surface area is 136 Å². The standard InChI is InChI=1S/C15H12F4O4S/c1-15(17,18)11-2-7-14(16)10(8-11)9-22-12-3-5-13(6-4-12)23-24(19,20)21/h2-8H,9H2,1H3. The Morgan fingerprint density at radius 1 is 1.04 bits per heavy atom. The van der Waals surface area contributed by atoms with Crippen molar-refractivity contribution in [3.63, 3.8) is 0 Å². The highest BCUT2D eigenvalue weighted by molar-refractivity contribution is 7.81. The van der Waals surface area contributed by atoms with Crippen molar-refractivity contribution in [2.75, 3.05) is 0 Å². The molecule has 4 nitrogen and oxygen atoms in total. The van der Waals surface area contributed by atoms with Crippen LogP contribution in [0.2, 0.25) is 0 Å². The minimum Gasteiger partial charge on any atom is -0.489 e. The zero-order chi connectivity index (χ0) is 18.0. The smallest absolute Gasteiger partial charge is 0.488 e. The fraction of sp³-hybridized carbons (Fsp3) is 0.200. The molecule has 0 heterocycles. The lowest BCUT2D eigenvalue weighted by molar-refractivity contribution is 0.0172. The first-order valence-corrected chi connectivity index (χ1v) is 7.89. The number of hydrogen-bond donors (Lipinski definition) is 0. The van der Waals surface area contributed by atoms with E-state index in [0.29, 0.717) is 6.92 Å². The summed E-state index contributed by atoms with van der Waals surface area (Å²) >= 11 is 0. The van der Waals surface area contributed by atoms with E-state index in [0.717, 1.165) is 30.3 Å². The van der Waals surface area contributed by atoms with Gasteiger partial charge in [-0.1, -0.05) is 9.95 Å². The van der Waals surface area contributed by atoms with Crippen molar-refractivity contribution in [3.8, 4) is 11.5 Å². The van der Waals surface area contributed by atoms with Crippen LogP contribution < -0.4 is 8.92 Å². The Balaban J connectivity index is 2.08. The molecule has 0 amide bonds. The number of ether oxygens (including phenoxy) is 1. The van der Waals surface area contributed by atoms with Crippen molar-refractivity contribution in [2.45, 2.75) is 19.5 Å². The Bertz CT molecular complexity index is 814. The second-order valence-electron chi connectivity index (χ2n) is 4.93. The van der Waals surface area contributed by atoms with E-state index in [-0.39, 0.29) is 29.2 Å². The fourth-order valence-corrected chi connectivity index (χ4v) is 2.17. The molecule has 9 heteroatoms. The molecule has 0 N–H and O–H groups in total. The zero-order valence-electron chi connectivity index (χ0n) is 12.3. The van der Waals surface area contributed by atoms with Crippen LogP contribution in [0.1, 0.15) is 18.1 Å². The first kappa shape index (κ1) is 18.1. The molecule has 0 atom stereocenters. The molecule has 2 aromatic rings. The van der Waals surface area contributed by atoms with Gasteiger partial charge in [-0.25, -0.2) is 13.2 Å². The van der Waals surface area contributed by atoms with Gasteiger partial charge in [0, 0.05) is 18.1 Å². The lowest BCUT2D eigenvalue weighted by Crippen LogP contribution is -2.09. The van der Waals surface area contributed by atoms with Gasteiger partial charge < -0.3 is 8.92 Å². The normalized spacial score (nSPS) is 12.0. The maximum absolute atomic E-state index is 13.7. The van der Waals surface area contributed by atoms with Crippen molar-refractivity contribution < 1.29 is 34.4 Å². The lowest BCUT2D eigenvalue weighted by atomic mass is 10.1. The van der Waals surface area contributed by atoms with Gasteiger partial charge in [-0.3, -0.25) is 0 Å². The molecule has 2 aromatic carbocycles. The van der Waals surface area contributed by atoms with Crippen molar-refractivity contribution >= 4 is 10.5 Å². The summed E-state index contributed by atoms with van der Waals surface area (Å²) in [5, 5.41) is 0. The fourth-order valence-electron chi connectivity index (χ4n) is 1.83. The first-order chi connectivity index (χ1) is 11.0. The maximum Gasteiger partial charge on any atom is 0.488 e. The summed E-state index contributed by atoms with van der Waals surface area (Å²) in [4.78, 5) is 0. The van der Waals surface area contributed by atoms with E-state index in [1.807, 2.05) is 0 Å². The maximum atomic E-state index is 13.7. The summed E-state index contributed by atoms with van der Waals surface area (Å²) in [6.07, 6.45) is 0. The minimum absolute atomic E-state index is 0.0688. The highest BCUT2D eigenvalue weighted by atomic mass is 32.3. The third-order valence-electron chi connectivity index (χ3n) is 2.97. The van der Waals surface area contributed by atoms with Crippen molar-refractivity contribution in [1.82, 2.24) is 0 Å². The van der Waals surface area contributed by atoms with Gasteiger partial charge in [0.05, 0.1) is 0 Å². The van der Waals surface area contributed by atoms with Gasteiger partial charge in [0.25, 0.3) is 5.92 Å². The number of benzene rings is 2. The highest BCUT2D eigenvalue weighted by Gasteiger charge is 2.25. The van der Waals surface area contributed by atoms with Crippen LogP contribution >= 0.6 is 0 Å². The second kappa shape index (κ2) is 6.68. The van der Waals surface area contributed by atoms with Gasteiger partial charge >= 0.3 is 10.5 Å². The summed E-state index contributed by atoms with van der Waals surface area (Å²) in [5.74, 6) is -3.90. The van der Waals surface area contributed by atoms with Gasteiger partial charge in [-0.2, -0.15) is 8.42 Å². The minimum atomic E-state index is -5.13. The molecule has 0 fully saturated rings. The van der Waals surface area contributed by atoms with Crippen molar-refractivity contribution in [2.24, 2.45) is 0 Å². The molecule has 130 valence electrons. The topological polar surface area (TPSA) is 52.6 Å². The van der Waals surface area contributed by atoms with Crippen LogP contribution in [-0.2, 0) is 23.0 Å². The van der Waals surface area contributed by atoms with E-state index in [1.165, 1.54) is 12.1 Å². The highest BCUT2D eigenvalue weighted by Crippen LogP contribution is 2.29. The molecule has 0 spiro atoms. The van der Waals surface area contributed by atoms with Gasteiger partial charge in [-0.05, 0) is 36.4 Å². The molecule has 2 rings (SSSR count). The predicted octanol–water partition coefficient (Wildman–Crippen LogP) is 4.11. The third kappa shape index (κ3) is 5.12. The molecular formula is C15H12F4O4S. The van der Waals surface area contributed by atoms with Crippen LogP contribution in [0.25, 0.3) is 0 Å². The van der Waals surface area contributed by atoms with Crippen LogP contribution in [0.15, 0.2) is 42.5 Å². The van der Waals surface area contributed by atoms with E-state index in [2.05, 4.69) is 4.18 Å². The molecule has 24 heavy (non-hydrogen) atoms. The molecule has 0 bridgehead atoms.